The Bertz CT molecular complexity index is 876. The largest absolute Gasteiger partial charge is 0.489 e. The summed E-state index contributed by atoms with van der Waals surface area (Å²) < 4.78 is 5.78. The summed E-state index contributed by atoms with van der Waals surface area (Å²) in [5.74, 6) is 0.613. The lowest BCUT2D eigenvalue weighted by Gasteiger charge is -2.42. The molecule has 7 heteroatoms. The first-order valence-corrected chi connectivity index (χ1v) is 9.73. The van der Waals surface area contributed by atoms with Crippen molar-refractivity contribution in [2.24, 2.45) is 0 Å². The van der Waals surface area contributed by atoms with Crippen LogP contribution < -0.4 is 10.1 Å². The van der Waals surface area contributed by atoms with E-state index in [1.54, 1.807) is 4.90 Å². The molecule has 0 aromatic heterocycles. The van der Waals surface area contributed by atoms with Crippen molar-refractivity contribution in [2.75, 3.05) is 19.6 Å². The Morgan fingerprint density at radius 3 is 2.38 bits per heavy atom. The van der Waals surface area contributed by atoms with Gasteiger partial charge in [0.05, 0.1) is 12.6 Å². The standard InChI is InChI=1S/C22H23N3O4/c26-20(24-13-18(14-24)25-21(27)12-23-22(25)28)11-8-16-6-9-19(10-7-16)29-15-17-4-2-1-3-5-17/h1-7,9-10,18H,8,11-15H2,(H,23,28). The first kappa shape index (κ1) is 19.0. The Labute approximate surface area is 169 Å². The normalized spacial score (nSPS) is 16.6. The highest BCUT2D eigenvalue weighted by atomic mass is 16.5. The molecular weight excluding hydrogens is 370 g/mol. The van der Waals surface area contributed by atoms with Crippen molar-refractivity contribution in [2.45, 2.75) is 25.5 Å². The Balaban J connectivity index is 1.20. The predicted molar refractivity (Wildman–Crippen MR) is 106 cm³/mol. The lowest BCUT2D eigenvalue weighted by molar-refractivity contribution is -0.142. The number of carbonyl (C=O) groups is 3. The smallest absolute Gasteiger partial charge is 0.324 e. The van der Waals surface area contributed by atoms with Crippen LogP contribution in [0.5, 0.6) is 5.75 Å². The number of hydrogen-bond donors (Lipinski definition) is 1. The van der Waals surface area contributed by atoms with Gasteiger partial charge in [-0.25, -0.2) is 4.79 Å². The quantitative estimate of drug-likeness (QED) is 0.730. The Kier molecular flexibility index (Phi) is 5.46. The summed E-state index contributed by atoms with van der Waals surface area (Å²) in [6.07, 6.45) is 1.04. The fourth-order valence-electron chi connectivity index (χ4n) is 3.53. The van der Waals surface area contributed by atoms with Gasteiger partial charge in [-0.15, -0.1) is 0 Å². The maximum Gasteiger partial charge on any atom is 0.324 e. The van der Waals surface area contributed by atoms with Gasteiger partial charge < -0.3 is 15.0 Å². The zero-order valence-corrected chi connectivity index (χ0v) is 16.0. The zero-order valence-electron chi connectivity index (χ0n) is 16.0. The van der Waals surface area contributed by atoms with Crippen molar-refractivity contribution in [1.29, 1.82) is 0 Å². The molecule has 2 aliphatic heterocycles. The number of aryl methyl sites for hydroxylation is 1. The van der Waals surface area contributed by atoms with Crippen LogP contribution in [0.2, 0.25) is 0 Å². The average molecular weight is 393 g/mol. The molecule has 2 heterocycles. The average Bonchev–Trinajstić information content (AvgIpc) is 3.04. The van der Waals surface area contributed by atoms with Crippen LogP contribution in [-0.4, -0.2) is 53.3 Å². The number of amides is 4. The third-order valence-corrected chi connectivity index (χ3v) is 5.26. The predicted octanol–water partition coefficient (Wildman–Crippen LogP) is 1.96. The van der Waals surface area contributed by atoms with Crippen LogP contribution in [0.3, 0.4) is 0 Å². The van der Waals surface area contributed by atoms with E-state index in [9.17, 15) is 14.4 Å². The van der Waals surface area contributed by atoms with Crippen molar-refractivity contribution >= 4 is 17.8 Å². The Morgan fingerprint density at radius 2 is 1.72 bits per heavy atom. The third-order valence-electron chi connectivity index (χ3n) is 5.26. The Hall–Kier alpha value is -3.35. The molecule has 4 amide bonds. The van der Waals surface area contributed by atoms with E-state index in [0.29, 0.717) is 32.5 Å². The highest BCUT2D eigenvalue weighted by molar-refractivity contribution is 6.02. The number of ether oxygens (including phenoxy) is 1. The maximum atomic E-state index is 12.3. The zero-order chi connectivity index (χ0) is 20.2. The number of hydrogen-bond acceptors (Lipinski definition) is 4. The van der Waals surface area contributed by atoms with Gasteiger partial charge in [0.15, 0.2) is 0 Å². The highest BCUT2D eigenvalue weighted by Gasteiger charge is 2.42. The molecular formula is C22H23N3O4. The van der Waals surface area contributed by atoms with Crippen LogP contribution in [0.25, 0.3) is 0 Å². The summed E-state index contributed by atoms with van der Waals surface area (Å²) in [4.78, 5) is 38.6. The summed E-state index contributed by atoms with van der Waals surface area (Å²) >= 11 is 0. The van der Waals surface area contributed by atoms with Crippen molar-refractivity contribution in [3.63, 3.8) is 0 Å². The third kappa shape index (κ3) is 4.39. The lowest BCUT2D eigenvalue weighted by Crippen LogP contribution is -2.62. The van der Waals surface area contributed by atoms with Crippen molar-refractivity contribution in [1.82, 2.24) is 15.1 Å². The van der Waals surface area contributed by atoms with E-state index in [0.717, 1.165) is 16.9 Å². The van der Waals surface area contributed by atoms with Crippen molar-refractivity contribution < 1.29 is 19.1 Å². The van der Waals surface area contributed by atoms with Gasteiger partial charge in [-0.1, -0.05) is 42.5 Å². The van der Waals surface area contributed by atoms with Gasteiger partial charge in [-0.3, -0.25) is 14.5 Å². The van der Waals surface area contributed by atoms with Crippen LogP contribution in [0.4, 0.5) is 4.79 Å². The van der Waals surface area contributed by atoms with E-state index in [1.807, 2.05) is 54.6 Å². The minimum absolute atomic E-state index is 0.0395. The van der Waals surface area contributed by atoms with Crippen LogP contribution >= 0.6 is 0 Å². The minimum Gasteiger partial charge on any atom is -0.489 e. The fraction of sp³-hybridized carbons (Fsp3) is 0.318. The molecule has 2 aliphatic rings. The van der Waals surface area contributed by atoms with Crippen LogP contribution in [0.1, 0.15) is 17.5 Å². The van der Waals surface area contributed by atoms with Crippen LogP contribution in [-0.2, 0) is 22.6 Å². The maximum absolute atomic E-state index is 12.3. The van der Waals surface area contributed by atoms with Gasteiger partial charge in [0.25, 0.3) is 0 Å². The first-order chi connectivity index (χ1) is 14.1. The molecule has 29 heavy (non-hydrogen) atoms. The van der Waals surface area contributed by atoms with Gasteiger partial charge in [-0.2, -0.15) is 0 Å². The number of benzene rings is 2. The molecule has 0 saturated carbocycles. The fourth-order valence-corrected chi connectivity index (χ4v) is 3.53. The van der Waals surface area contributed by atoms with Gasteiger partial charge in [0, 0.05) is 19.5 Å². The molecule has 1 N–H and O–H groups in total. The highest BCUT2D eigenvalue weighted by Crippen LogP contribution is 2.20. The van der Waals surface area contributed by atoms with E-state index in [-0.39, 0.29) is 30.4 Å². The number of imide groups is 1. The molecule has 2 fully saturated rings. The van der Waals surface area contributed by atoms with E-state index in [4.69, 9.17) is 4.74 Å². The number of carbonyl (C=O) groups excluding carboxylic acids is 3. The molecule has 0 spiro atoms. The van der Waals surface area contributed by atoms with E-state index in [2.05, 4.69) is 5.32 Å². The van der Waals surface area contributed by atoms with Crippen molar-refractivity contribution in [3.8, 4) is 5.75 Å². The molecule has 4 rings (SSSR count). The van der Waals surface area contributed by atoms with Gasteiger partial charge in [0.1, 0.15) is 12.4 Å². The topological polar surface area (TPSA) is 79.0 Å². The molecule has 150 valence electrons. The second-order valence-corrected chi connectivity index (χ2v) is 7.29. The molecule has 2 saturated heterocycles. The number of rotatable bonds is 7. The number of nitrogens with zero attached hydrogens (tertiary/aromatic N) is 2. The Morgan fingerprint density at radius 1 is 1.00 bits per heavy atom. The van der Waals surface area contributed by atoms with E-state index >= 15 is 0 Å². The first-order valence-electron chi connectivity index (χ1n) is 9.73. The summed E-state index contributed by atoms with van der Waals surface area (Å²) in [7, 11) is 0. The van der Waals surface area contributed by atoms with Crippen LogP contribution in [0.15, 0.2) is 54.6 Å². The number of urea groups is 1. The SMILES string of the molecule is O=C(CCc1ccc(OCc2ccccc2)cc1)N1CC(N2C(=O)CNC2=O)C1. The van der Waals surface area contributed by atoms with Crippen LogP contribution in [0, 0.1) is 0 Å². The molecule has 7 nitrogen and oxygen atoms in total. The molecule has 0 bridgehead atoms. The molecule has 0 atom stereocenters. The van der Waals surface area contributed by atoms with Crippen molar-refractivity contribution in [3.05, 3.63) is 65.7 Å². The monoisotopic (exact) mass is 393 g/mol. The number of likely N-dealkylation sites (tertiary alicyclic amines) is 1. The van der Waals surface area contributed by atoms with E-state index < -0.39 is 0 Å². The van der Waals surface area contributed by atoms with Gasteiger partial charge in [0.2, 0.25) is 11.8 Å². The minimum atomic E-state index is -0.360. The molecule has 0 radical (unpaired) electrons. The molecule has 0 unspecified atom stereocenters. The molecule has 2 aromatic rings. The second-order valence-electron chi connectivity index (χ2n) is 7.29. The van der Waals surface area contributed by atoms with E-state index in [1.165, 1.54) is 4.90 Å². The summed E-state index contributed by atoms with van der Waals surface area (Å²) in [6, 6.07) is 17.2. The summed E-state index contributed by atoms with van der Waals surface area (Å²) in [5.41, 5.74) is 2.18. The lowest BCUT2D eigenvalue weighted by atomic mass is 10.0. The molecule has 2 aromatic carbocycles. The second kappa shape index (κ2) is 8.34. The molecule has 0 aliphatic carbocycles. The van der Waals surface area contributed by atoms with Gasteiger partial charge >= 0.3 is 6.03 Å². The van der Waals surface area contributed by atoms with Gasteiger partial charge in [-0.05, 0) is 29.7 Å². The number of nitrogens with one attached hydrogen (secondary N) is 1. The summed E-state index contributed by atoms with van der Waals surface area (Å²) in [5, 5.41) is 2.51. The summed E-state index contributed by atoms with van der Waals surface area (Å²) in [6.45, 7) is 1.41.